The fourth-order valence-corrected chi connectivity index (χ4v) is 1.75. The maximum atomic E-state index is 11.8. The number of likely N-dealkylation sites (N-methyl/N-ethyl adjacent to an activating group) is 1. The third-order valence-corrected chi connectivity index (χ3v) is 2.72. The first-order valence-electron chi connectivity index (χ1n) is 5.70. The second kappa shape index (κ2) is 5.12. The number of aromatic nitrogens is 1. The number of carbonyl (C=O) groups excluding carboxylic acids is 1. The number of hydrogen-bond donors (Lipinski definition) is 1. The molecular weight excluding hydrogens is 206 g/mol. The van der Waals surface area contributed by atoms with E-state index >= 15 is 0 Å². The molecule has 1 aliphatic rings. The Morgan fingerprint density at radius 2 is 2.50 bits per heavy atom. The average Bonchev–Trinajstić information content (AvgIpc) is 2.96. The van der Waals surface area contributed by atoms with Crippen LogP contribution in [0.3, 0.4) is 0 Å². The van der Waals surface area contributed by atoms with Gasteiger partial charge < -0.3 is 14.7 Å². The summed E-state index contributed by atoms with van der Waals surface area (Å²) in [5.74, 6) is 0.175. The lowest BCUT2D eigenvalue weighted by Crippen LogP contribution is -2.39. The Morgan fingerprint density at radius 1 is 1.69 bits per heavy atom. The third kappa shape index (κ3) is 2.82. The predicted octanol–water partition coefficient (Wildman–Crippen LogP) is 0.775. The van der Waals surface area contributed by atoms with Crippen molar-refractivity contribution in [3.63, 3.8) is 0 Å². The number of amides is 1. The highest BCUT2D eigenvalue weighted by Gasteiger charge is 2.30. The molecule has 0 bridgehead atoms. The van der Waals surface area contributed by atoms with Gasteiger partial charge in [0.1, 0.15) is 6.26 Å². The highest BCUT2D eigenvalue weighted by molar-refractivity contribution is 5.78. The smallest absolute Gasteiger partial charge is 0.236 e. The van der Waals surface area contributed by atoms with Gasteiger partial charge in [-0.05, 0) is 19.8 Å². The second-order valence-electron chi connectivity index (χ2n) is 4.01. The molecule has 88 valence electrons. The highest BCUT2D eigenvalue weighted by Crippen LogP contribution is 2.26. The van der Waals surface area contributed by atoms with Crippen molar-refractivity contribution >= 4 is 5.91 Å². The van der Waals surface area contributed by atoms with Crippen LogP contribution in [0.5, 0.6) is 0 Å². The van der Waals surface area contributed by atoms with Crippen molar-refractivity contribution in [1.82, 2.24) is 15.4 Å². The van der Waals surface area contributed by atoms with Crippen LogP contribution >= 0.6 is 0 Å². The third-order valence-electron chi connectivity index (χ3n) is 2.72. The summed E-state index contributed by atoms with van der Waals surface area (Å²) < 4.78 is 4.70. The lowest BCUT2D eigenvalue weighted by Gasteiger charge is -2.20. The maximum absolute atomic E-state index is 11.8. The Balaban J connectivity index is 1.70. The highest BCUT2D eigenvalue weighted by atomic mass is 16.5. The van der Waals surface area contributed by atoms with Crippen LogP contribution in [0.25, 0.3) is 0 Å². The molecule has 5 heteroatoms. The largest absolute Gasteiger partial charge is 0.364 e. The molecule has 0 radical (unpaired) electrons. The van der Waals surface area contributed by atoms with E-state index in [1.54, 1.807) is 6.07 Å². The SMILES string of the molecule is CCN(C(=O)CNCc1ccon1)C1CC1. The summed E-state index contributed by atoms with van der Waals surface area (Å²) in [5.41, 5.74) is 0.822. The summed E-state index contributed by atoms with van der Waals surface area (Å²) in [4.78, 5) is 13.7. The van der Waals surface area contributed by atoms with Crippen LogP contribution in [0.2, 0.25) is 0 Å². The molecule has 1 heterocycles. The fourth-order valence-electron chi connectivity index (χ4n) is 1.75. The monoisotopic (exact) mass is 223 g/mol. The summed E-state index contributed by atoms with van der Waals surface area (Å²) in [5, 5.41) is 6.83. The molecule has 0 saturated heterocycles. The van der Waals surface area contributed by atoms with E-state index in [-0.39, 0.29) is 5.91 Å². The number of nitrogens with one attached hydrogen (secondary N) is 1. The van der Waals surface area contributed by atoms with Crippen LogP contribution in [0.4, 0.5) is 0 Å². The van der Waals surface area contributed by atoms with Gasteiger partial charge in [0.2, 0.25) is 5.91 Å². The fraction of sp³-hybridized carbons (Fsp3) is 0.636. The number of hydrogen-bond acceptors (Lipinski definition) is 4. The van der Waals surface area contributed by atoms with E-state index in [2.05, 4.69) is 10.5 Å². The average molecular weight is 223 g/mol. The Hall–Kier alpha value is -1.36. The van der Waals surface area contributed by atoms with Gasteiger partial charge in [0.05, 0.1) is 12.2 Å². The van der Waals surface area contributed by atoms with Gasteiger partial charge in [0.15, 0.2) is 0 Å². The van der Waals surface area contributed by atoms with Crippen molar-refractivity contribution < 1.29 is 9.32 Å². The van der Waals surface area contributed by atoms with Crippen molar-refractivity contribution in [3.05, 3.63) is 18.0 Å². The van der Waals surface area contributed by atoms with Crippen LogP contribution in [-0.2, 0) is 11.3 Å². The molecule has 0 spiro atoms. The van der Waals surface area contributed by atoms with E-state index in [1.807, 2.05) is 11.8 Å². The van der Waals surface area contributed by atoms with Gasteiger partial charge in [-0.1, -0.05) is 5.16 Å². The van der Waals surface area contributed by atoms with Crippen molar-refractivity contribution in [2.75, 3.05) is 13.1 Å². The number of rotatable bonds is 6. The zero-order valence-corrected chi connectivity index (χ0v) is 9.48. The van der Waals surface area contributed by atoms with Crippen LogP contribution < -0.4 is 5.32 Å². The van der Waals surface area contributed by atoms with Crippen molar-refractivity contribution in [2.24, 2.45) is 0 Å². The molecular formula is C11H17N3O2. The Bertz CT molecular complexity index is 333. The van der Waals surface area contributed by atoms with E-state index < -0.39 is 0 Å². The molecule has 1 aliphatic carbocycles. The van der Waals surface area contributed by atoms with Crippen LogP contribution in [-0.4, -0.2) is 35.1 Å². The van der Waals surface area contributed by atoms with Gasteiger partial charge >= 0.3 is 0 Å². The standard InChI is InChI=1S/C11H17N3O2/c1-2-14(10-3-4-10)11(15)8-12-7-9-5-6-16-13-9/h5-6,10,12H,2-4,7-8H2,1H3. The Labute approximate surface area is 94.8 Å². The van der Waals surface area contributed by atoms with Crippen LogP contribution in [0, 0.1) is 0 Å². The maximum Gasteiger partial charge on any atom is 0.236 e. The second-order valence-corrected chi connectivity index (χ2v) is 4.01. The number of nitrogens with zero attached hydrogens (tertiary/aromatic N) is 2. The summed E-state index contributed by atoms with van der Waals surface area (Å²) in [6.45, 7) is 3.77. The minimum atomic E-state index is 0.175. The van der Waals surface area contributed by atoms with Gasteiger partial charge in [-0.2, -0.15) is 0 Å². The molecule has 0 aliphatic heterocycles. The molecule has 1 N–H and O–H groups in total. The lowest BCUT2D eigenvalue weighted by molar-refractivity contribution is -0.130. The molecule has 1 aromatic rings. The number of carbonyl (C=O) groups is 1. The van der Waals surface area contributed by atoms with Crippen LogP contribution in [0.15, 0.2) is 16.9 Å². The first kappa shape index (κ1) is 11.1. The van der Waals surface area contributed by atoms with Gasteiger partial charge in [-0.15, -0.1) is 0 Å². The Kier molecular flexibility index (Phi) is 3.56. The Morgan fingerprint density at radius 3 is 3.06 bits per heavy atom. The van der Waals surface area contributed by atoms with Gasteiger partial charge in [0.25, 0.3) is 0 Å². The molecule has 1 amide bonds. The molecule has 0 unspecified atom stereocenters. The first-order valence-corrected chi connectivity index (χ1v) is 5.70. The van der Waals surface area contributed by atoms with Gasteiger partial charge in [0, 0.05) is 25.2 Å². The van der Waals surface area contributed by atoms with Crippen molar-refractivity contribution in [1.29, 1.82) is 0 Å². The predicted molar refractivity (Wildman–Crippen MR) is 58.6 cm³/mol. The topological polar surface area (TPSA) is 58.4 Å². The zero-order valence-electron chi connectivity index (χ0n) is 9.48. The summed E-state index contributed by atoms with van der Waals surface area (Å²) in [6, 6.07) is 2.28. The minimum absolute atomic E-state index is 0.175. The van der Waals surface area contributed by atoms with E-state index in [0.29, 0.717) is 19.1 Å². The molecule has 2 rings (SSSR count). The normalized spacial score (nSPS) is 15.1. The first-order chi connectivity index (χ1) is 7.81. The molecule has 1 fully saturated rings. The molecule has 16 heavy (non-hydrogen) atoms. The molecule has 0 atom stereocenters. The van der Waals surface area contributed by atoms with Crippen molar-refractivity contribution in [3.8, 4) is 0 Å². The molecule has 0 aromatic carbocycles. The minimum Gasteiger partial charge on any atom is -0.364 e. The lowest BCUT2D eigenvalue weighted by atomic mass is 10.4. The molecule has 5 nitrogen and oxygen atoms in total. The summed E-state index contributed by atoms with van der Waals surface area (Å²) in [6.07, 6.45) is 3.84. The molecule has 1 aromatic heterocycles. The van der Waals surface area contributed by atoms with E-state index in [4.69, 9.17) is 4.52 Å². The quantitative estimate of drug-likeness (QED) is 0.774. The van der Waals surface area contributed by atoms with Gasteiger partial charge in [-0.25, -0.2) is 0 Å². The molecule has 1 saturated carbocycles. The van der Waals surface area contributed by atoms with E-state index in [1.165, 1.54) is 6.26 Å². The van der Waals surface area contributed by atoms with Crippen LogP contribution in [0.1, 0.15) is 25.5 Å². The zero-order chi connectivity index (χ0) is 11.4. The summed E-state index contributed by atoms with van der Waals surface area (Å²) in [7, 11) is 0. The van der Waals surface area contributed by atoms with E-state index in [0.717, 1.165) is 25.1 Å². The summed E-state index contributed by atoms with van der Waals surface area (Å²) >= 11 is 0. The van der Waals surface area contributed by atoms with Gasteiger partial charge in [-0.3, -0.25) is 4.79 Å². The van der Waals surface area contributed by atoms with Crippen molar-refractivity contribution in [2.45, 2.75) is 32.4 Å². The van der Waals surface area contributed by atoms with E-state index in [9.17, 15) is 4.79 Å².